The Hall–Kier alpha value is -2.20. The van der Waals surface area contributed by atoms with Gasteiger partial charge in [-0.1, -0.05) is 50.1 Å². The maximum atomic E-state index is 13.0. The van der Waals surface area contributed by atoms with Crippen molar-refractivity contribution in [2.75, 3.05) is 11.9 Å². The van der Waals surface area contributed by atoms with Crippen LogP contribution in [-0.2, 0) is 21.4 Å². The van der Waals surface area contributed by atoms with Gasteiger partial charge < -0.3 is 5.32 Å². The van der Waals surface area contributed by atoms with Crippen molar-refractivity contribution in [1.82, 2.24) is 14.3 Å². The first-order valence-corrected chi connectivity index (χ1v) is 11.8. The lowest BCUT2D eigenvalue weighted by Crippen LogP contribution is -2.39. The first-order chi connectivity index (χ1) is 14.7. The molecule has 1 saturated heterocycles. The summed E-state index contributed by atoms with van der Waals surface area (Å²) in [6, 6.07) is 9.08. The first-order valence-electron chi connectivity index (χ1n) is 9.98. The van der Waals surface area contributed by atoms with Crippen LogP contribution in [0.3, 0.4) is 0 Å². The van der Waals surface area contributed by atoms with Gasteiger partial charge in [0.25, 0.3) is 5.56 Å². The van der Waals surface area contributed by atoms with Crippen molar-refractivity contribution < 1.29 is 14.4 Å². The van der Waals surface area contributed by atoms with E-state index < -0.39 is 24.3 Å². The summed E-state index contributed by atoms with van der Waals surface area (Å²) in [6.45, 7) is 1.33. The Morgan fingerprint density at radius 1 is 1.03 bits per heavy atom. The van der Waals surface area contributed by atoms with Crippen molar-refractivity contribution in [2.24, 2.45) is 18.9 Å². The van der Waals surface area contributed by atoms with E-state index in [1.165, 1.54) is 4.68 Å². The van der Waals surface area contributed by atoms with Crippen LogP contribution < -0.4 is 10.9 Å². The number of para-hydroxylation sites is 1. The highest BCUT2D eigenvalue weighted by molar-refractivity contribution is 9.12. The minimum atomic E-state index is -0.572. The molecule has 2 fully saturated rings. The summed E-state index contributed by atoms with van der Waals surface area (Å²) in [5, 5.41) is 2.62. The second-order valence-electron chi connectivity index (χ2n) is 7.96. The Balaban J connectivity index is 1.53. The van der Waals surface area contributed by atoms with E-state index in [1.54, 1.807) is 30.8 Å². The van der Waals surface area contributed by atoms with E-state index in [2.05, 4.69) is 37.2 Å². The third-order valence-electron chi connectivity index (χ3n) is 6.12. The van der Waals surface area contributed by atoms with Crippen LogP contribution in [0.2, 0.25) is 0 Å². The minimum Gasteiger partial charge on any atom is -0.318 e. The number of alkyl halides is 2. The van der Waals surface area contributed by atoms with Crippen molar-refractivity contribution in [3.63, 3.8) is 0 Å². The van der Waals surface area contributed by atoms with E-state index in [0.29, 0.717) is 24.2 Å². The second-order valence-corrected chi connectivity index (χ2v) is 10.3. The number of aromatic nitrogens is 2. The van der Waals surface area contributed by atoms with Crippen LogP contribution in [0.15, 0.2) is 35.1 Å². The quantitative estimate of drug-likeness (QED) is 0.464. The molecule has 1 saturated carbocycles. The fraction of sp³-hybridized carbons (Fsp3) is 0.429. The molecule has 0 unspecified atom stereocenters. The zero-order valence-electron chi connectivity index (χ0n) is 17.0. The van der Waals surface area contributed by atoms with Crippen LogP contribution >= 0.6 is 31.9 Å². The molecule has 2 heterocycles. The van der Waals surface area contributed by atoms with Gasteiger partial charge in [0.2, 0.25) is 17.7 Å². The van der Waals surface area contributed by atoms with Gasteiger partial charge in [0, 0.05) is 16.7 Å². The molecule has 2 aliphatic rings. The molecule has 164 valence electrons. The van der Waals surface area contributed by atoms with Gasteiger partial charge in [-0.2, -0.15) is 0 Å². The van der Waals surface area contributed by atoms with Crippen LogP contribution in [0.4, 0.5) is 5.69 Å². The van der Waals surface area contributed by atoms with Gasteiger partial charge >= 0.3 is 0 Å². The van der Waals surface area contributed by atoms with Crippen LogP contribution in [0, 0.1) is 18.8 Å². The predicted octanol–water partition coefficient (Wildman–Crippen LogP) is 2.34. The molecule has 1 aromatic carbocycles. The molecule has 4 atom stereocenters. The molecule has 1 aliphatic heterocycles. The molecule has 0 radical (unpaired) electrons. The fourth-order valence-electron chi connectivity index (χ4n) is 4.35. The standard InChI is InChI=1S/C21H22Br2N4O4/c1-11-18(21(31)27(25(11)2)12-6-4-3-5-7-12)24-17(28)10-26-19(29)13-8-15(22)16(23)9-14(13)20(26)30/h3-7,13-16H,8-10H2,1-2H3,(H,24,28)/t13-,14-,15-,16+/m1/s1. The molecular weight excluding hydrogens is 532 g/mol. The van der Waals surface area contributed by atoms with Gasteiger partial charge in [0.1, 0.15) is 12.2 Å². The van der Waals surface area contributed by atoms with E-state index in [4.69, 9.17) is 0 Å². The van der Waals surface area contributed by atoms with Gasteiger partial charge in [-0.05, 0) is 31.9 Å². The number of hydrogen-bond acceptors (Lipinski definition) is 4. The molecule has 10 heteroatoms. The van der Waals surface area contributed by atoms with Crippen molar-refractivity contribution >= 4 is 55.3 Å². The zero-order valence-corrected chi connectivity index (χ0v) is 20.2. The highest BCUT2D eigenvalue weighted by Gasteiger charge is 2.52. The largest absolute Gasteiger partial charge is 0.318 e. The van der Waals surface area contributed by atoms with Crippen molar-refractivity contribution in [2.45, 2.75) is 29.4 Å². The topological polar surface area (TPSA) is 93.4 Å². The van der Waals surface area contributed by atoms with Gasteiger partial charge in [-0.25, -0.2) is 4.68 Å². The van der Waals surface area contributed by atoms with Gasteiger partial charge in [0.05, 0.1) is 23.2 Å². The lowest BCUT2D eigenvalue weighted by atomic mass is 9.81. The zero-order chi connectivity index (χ0) is 22.4. The summed E-state index contributed by atoms with van der Waals surface area (Å²) in [6.07, 6.45) is 1.09. The Kier molecular flexibility index (Phi) is 5.95. The number of amides is 3. The van der Waals surface area contributed by atoms with E-state index >= 15 is 0 Å². The number of imide groups is 1. The number of nitrogens with one attached hydrogen (secondary N) is 1. The van der Waals surface area contributed by atoms with Crippen LogP contribution in [0.1, 0.15) is 18.5 Å². The van der Waals surface area contributed by atoms with Crippen LogP contribution in [0.25, 0.3) is 5.69 Å². The average molecular weight is 554 g/mol. The predicted molar refractivity (Wildman–Crippen MR) is 123 cm³/mol. The van der Waals surface area contributed by atoms with Crippen LogP contribution in [-0.4, -0.2) is 48.2 Å². The Bertz CT molecular complexity index is 1080. The van der Waals surface area contributed by atoms with Gasteiger partial charge in [-0.15, -0.1) is 0 Å². The minimum absolute atomic E-state index is 0.0997. The van der Waals surface area contributed by atoms with E-state index in [1.807, 2.05) is 18.2 Å². The summed E-state index contributed by atoms with van der Waals surface area (Å²) in [4.78, 5) is 52.5. The van der Waals surface area contributed by atoms with Crippen LogP contribution in [0.5, 0.6) is 0 Å². The summed E-state index contributed by atoms with van der Waals surface area (Å²) in [7, 11) is 1.73. The Labute approximate surface area is 195 Å². The summed E-state index contributed by atoms with van der Waals surface area (Å²) in [5.74, 6) is -2.03. The summed E-state index contributed by atoms with van der Waals surface area (Å²) in [5.41, 5.74) is 0.992. The highest BCUT2D eigenvalue weighted by Crippen LogP contribution is 2.43. The second kappa shape index (κ2) is 8.38. The Morgan fingerprint density at radius 3 is 2.13 bits per heavy atom. The number of hydrogen-bond donors (Lipinski definition) is 1. The van der Waals surface area contributed by atoms with E-state index in [-0.39, 0.29) is 32.7 Å². The SMILES string of the molecule is Cc1c(NC(=O)CN2C(=O)[C@@H]3C[C@@H](Br)[C@@H](Br)C[C@H]3C2=O)c(=O)n(-c2ccccc2)n1C. The average Bonchev–Trinajstić information content (AvgIpc) is 3.09. The monoisotopic (exact) mass is 552 g/mol. The normalized spacial score (nSPS) is 25.6. The lowest BCUT2D eigenvalue weighted by Gasteiger charge is -2.29. The first kappa shape index (κ1) is 22.0. The molecule has 8 nitrogen and oxygen atoms in total. The maximum Gasteiger partial charge on any atom is 0.295 e. The molecule has 3 amide bonds. The number of fused-ring (bicyclic) bond motifs is 1. The number of likely N-dealkylation sites (tertiary alicyclic amines) is 1. The molecule has 0 bridgehead atoms. The third-order valence-corrected chi connectivity index (χ3v) is 8.86. The molecule has 2 aromatic rings. The molecule has 1 N–H and O–H groups in total. The Morgan fingerprint density at radius 2 is 1.58 bits per heavy atom. The number of nitrogens with zero attached hydrogens (tertiary/aromatic N) is 3. The molecule has 31 heavy (non-hydrogen) atoms. The summed E-state index contributed by atoms with van der Waals surface area (Å²) < 4.78 is 3.11. The highest BCUT2D eigenvalue weighted by atomic mass is 79.9. The lowest BCUT2D eigenvalue weighted by molar-refractivity contribution is -0.142. The van der Waals surface area contributed by atoms with E-state index in [9.17, 15) is 19.2 Å². The van der Waals surface area contributed by atoms with Crippen molar-refractivity contribution in [3.8, 4) is 5.69 Å². The van der Waals surface area contributed by atoms with Crippen molar-refractivity contribution in [1.29, 1.82) is 0 Å². The number of halogens is 2. The maximum absolute atomic E-state index is 13.0. The number of anilines is 1. The molecule has 1 aliphatic carbocycles. The number of carbonyl (C=O) groups excluding carboxylic acids is 3. The van der Waals surface area contributed by atoms with Gasteiger partial charge in [-0.3, -0.25) is 28.8 Å². The summed E-state index contributed by atoms with van der Waals surface area (Å²) >= 11 is 7.10. The number of rotatable bonds is 4. The number of benzene rings is 1. The number of carbonyl (C=O) groups is 3. The van der Waals surface area contributed by atoms with Crippen molar-refractivity contribution in [3.05, 3.63) is 46.4 Å². The third kappa shape index (κ3) is 3.80. The molecule has 1 aromatic heterocycles. The molecular formula is C21H22Br2N4O4. The fourth-order valence-corrected chi connectivity index (χ4v) is 5.59. The molecule has 4 rings (SSSR count). The van der Waals surface area contributed by atoms with E-state index in [0.717, 1.165) is 4.90 Å². The van der Waals surface area contributed by atoms with Gasteiger partial charge in [0.15, 0.2) is 0 Å². The molecule has 0 spiro atoms. The smallest absolute Gasteiger partial charge is 0.295 e.